The Bertz CT molecular complexity index is 1280. The van der Waals surface area contributed by atoms with Crippen molar-refractivity contribution in [1.82, 2.24) is 10.2 Å². The largest absolute Gasteiger partial charge is 0.478 e. The van der Waals surface area contributed by atoms with Gasteiger partial charge in [0.25, 0.3) is 17.0 Å². The Labute approximate surface area is 199 Å². The molecule has 1 N–H and O–H groups in total. The molecule has 0 saturated carbocycles. The van der Waals surface area contributed by atoms with E-state index in [1.165, 1.54) is 12.1 Å². The maximum Gasteiger partial charge on any atom is 0.277 e. The van der Waals surface area contributed by atoms with E-state index in [1.807, 2.05) is 6.07 Å². The van der Waals surface area contributed by atoms with Gasteiger partial charge in [0, 0.05) is 16.8 Å². The van der Waals surface area contributed by atoms with E-state index >= 15 is 0 Å². The quantitative estimate of drug-likeness (QED) is 0.249. The molecule has 0 radical (unpaired) electrons. The van der Waals surface area contributed by atoms with Crippen molar-refractivity contribution < 1.29 is 23.1 Å². The molecule has 1 aromatic heterocycles. The molecule has 0 fully saturated rings. The summed E-state index contributed by atoms with van der Waals surface area (Å²) in [6, 6.07) is 21.5. The molecule has 4 rings (SSSR count). The molecule has 9 heteroatoms. The molecule has 1 atom stereocenters. The van der Waals surface area contributed by atoms with Gasteiger partial charge in [-0.05, 0) is 55.5 Å². The number of para-hydroxylation sites is 1. The van der Waals surface area contributed by atoms with Crippen LogP contribution in [0.5, 0.6) is 5.75 Å². The highest BCUT2D eigenvalue weighted by molar-refractivity contribution is 7.99. The zero-order valence-electron chi connectivity index (χ0n) is 18.1. The Morgan fingerprint density at radius 2 is 1.68 bits per heavy atom. The first kappa shape index (κ1) is 23.2. The van der Waals surface area contributed by atoms with Crippen molar-refractivity contribution in [3.8, 4) is 5.75 Å². The van der Waals surface area contributed by atoms with Gasteiger partial charge in [-0.1, -0.05) is 42.1 Å². The van der Waals surface area contributed by atoms with E-state index in [0.29, 0.717) is 16.8 Å². The van der Waals surface area contributed by atoms with Crippen molar-refractivity contribution in [3.05, 3.63) is 102 Å². The lowest BCUT2D eigenvalue weighted by molar-refractivity contribution is 0.101. The van der Waals surface area contributed by atoms with Gasteiger partial charge in [0.05, 0.1) is 5.75 Å². The maximum absolute atomic E-state index is 13.8. The zero-order valence-corrected chi connectivity index (χ0v) is 18.9. The number of aromatic nitrogens is 2. The number of halogens is 1. The first-order chi connectivity index (χ1) is 16.5. The summed E-state index contributed by atoms with van der Waals surface area (Å²) in [6.45, 7) is 1.66. The van der Waals surface area contributed by atoms with Crippen LogP contribution >= 0.6 is 11.8 Å². The Kier molecular flexibility index (Phi) is 7.34. The Hall–Kier alpha value is -3.98. The van der Waals surface area contributed by atoms with Crippen molar-refractivity contribution >= 4 is 29.1 Å². The summed E-state index contributed by atoms with van der Waals surface area (Å²) in [5.74, 6) is -0.505. The minimum absolute atomic E-state index is 0.0832. The van der Waals surface area contributed by atoms with Gasteiger partial charge in [0.2, 0.25) is 0 Å². The van der Waals surface area contributed by atoms with E-state index in [1.54, 1.807) is 67.6 Å². The lowest BCUT2D eigenvalue weighted by Crippen LogP contribution is -2.11. The van der Waals surface area contributed by atoms with Crippen molar-refractivity contribution in [2.45, 2.75) is 18.3 Å². The van der Waals surface area contributed by atoms with Crippen LogP contribution in [0.1, 0.15) is 39.6 Å². The van der Waals surface area contributed by atoms with Gasteiger partial charge in [-0.15, -0.1) is 10.2 Å². The Balaban J connectivity index is 1.29. The van der Waals surface area contributed by atoms with Crippen LogP contribution in [0.15, 0.2) is 88.5 Å². The molecule has 3 aromatic carbocycles. The van der Waals surface area contributed by atoms with Crippen molar-refractivity contribution in [3.63, 3.8) is 0 Å². The number of ketones is 1. The second-order valence-corrected chi connectivity index (χ2v) is 8.13. The van der Waals surface area contributed by atoms with Gasteiger partial charge in [0.15, 0.2) is 23.5 Å². The van der Waals surface area contributed by atoms with Gasteiger partial charge in [-0.25, -0.2) is 4.39 Å². The molecular weight excluding hydrogens is 457 g/mol. The van der Waals surface area contributed by atoms with Gasteiger partial charge in [0.1, 0.15) is 0 Å². The molecule has 1 heterocycles. The number of nitrogens with one attached hydrogen (secondary N) is 1. The fraction of sp³-hybridized carbons (Fsp3) is 0.120. The molecule has 34 heavy (non-hydrogen) atoms. The summed E-state index contributed by atoms with van der Waals surface area (Å²) < 4.78 is 24.8. The van der Waals surface area contributed by atoms with Crippen LogP contribution in [-0.2, 0) is 0 Å². The Morgan fingerprint density at radius 1 is 0.971 bits per heavy atom. The second kappa shape index (κ2) is 10.8. The van der Waals surface area contributed by atoms with E-state index in [2.05, 4.69) is 15.5 Å². The van der Waals surface area contributed by atoms with E-state index in [4.69, 9.17) is 9.15 Å². The molecule has 1 amide bonds. The smallest absolute Gasteiger partial charge is 0.277 e. The molecule has 0 aliphatic rings. The van der Waals surface area contributed by atoms with E-state index < -0.39 is 11.9 Å². The zero-order chi connectivity index (χ0) is 23.9. The number of Topliss-reactive ketones (excluding diaryl/α,β-unsaturated/α-hetero) is 1. The molecule has 0 unspecified atom stereocenters. The average Bonchev–Trinajstić information content (AvgIpc) is 3.34. The molecule has 0 bridgehead atoms. The van der Waals surface area contributed by atoms with Gasteiger partial charge >= 0.3 is 0 Å². The van der Waals surface area contributed by atoms with Gasteiger partial charge < -0.3 is 14.5 Å². The van der Waals surface area contributed by atoms with Crippen molar-refractivity contribution in [1.29, 1.82) is 0 Å². The molecule has 0 saturated heterocycles. The number of ether oxygens (including phenoxy) is 1. The molecule has 0 aliphatic carbocycles. The monoisotopic (exact) mass is 477 g/mol. The molecular formula is C25H20FN3O4S. The van der Waals surface area contributed by atoms with Crippen molar-refractivity contribution in [2.24, 2.45) is 0 Å². The normalized spacial score (nSPS) is 11.6. The SMILES string of the molecule is C[C@@H](Oc1ccccc1F)c1nnc(SCC(=O)c2ccc(NC(=O)c3ccccc3)cc2)o1. The van der Waals surface area contributed by atoms with E-state index in [9.17, 15) is 14.0 Å². The third-order valence-electron chi connectivity index (χ3n) is 4.74. The lowest BCUT2D eigenvalue weighted by Gasteiger charge is -2.11. The fourth-order valence-corrected chi connectivity index (χ4v) is 3.63. The number of hydrogen-bond donors (Lipinski definition) is 1. The van der Waals surface area contributed by atoms with Crippen LogP contribution in [0.3, 0.4) is 0 Å². The lowest BCUT2D eigenvalue weighted by atomic mass is 10.1. The predicted octanol–water partition coefficient (Wildman–Crippen LogP) is 5.58. The molecule has 0 aliphatic heterocycles. The number of anilines is 1. The predicted molar refractivity (Wildman–Crippen MR) is 126 cm³/mol. The third-order valence-corrected chi connectivity index (χ3v) is 5.56. The number of carbonyl (C=O) groups excluding carboxylic acids is 2. The van der Waals surface area contributed by atoms with Crippen LogP contribution < -0.4 is 10.1 Å². The first-order valence-corrected chi connectivity index (χ1v) is 11.3. The van der Waals surface area contributed by atoms with Crippen LogP contribution in [0, 0.1) is 5.82 Å². The molecule has 0 spiro atoms. The highest BCUT2D eigenvalue weighted by atomic mass is 32.2. The van der Waals surface area contributed by atoms with Crippen LogP contribution in [0.4, 0.5) is 10.1 Å². The number of nitrogens with zero attached hydrogens (tertiary/aromatic N) is 2. The summed E-state index contributed by atoms with van der Waals surface area (Å²) in [5, 5.41) is 10.8. The number of carbonyl (C=O) groups is 2. The first-order valence-electron chi connectivity index (χ1n) is 10.4. The maximum atomic E-state index is 13.8. The number of thioether (sulfide) groups is 1. The summed E-state index contributed by atoms with van der Waals surface area (Å²) in [7, 11) is 0. The van der Waals surface area contributed by atoms with Gasteiger partial charge in [-0.2, -0.15) is 0 Å². The number of benzene rings is 3. The molecule has 4 aromatic rings. The summed E-state index contributed by atoms with van der Waals surface area (Å²) in [4.78, 5) is 24.8. The number of rotatable bonds is 9. The number of amides is 1. The van der Waals surface area contributed by atoms with E-state index in [0.717, 1.165) is 11.8 Å². The fourth-order valence-electron chi connectivity index (χ4n) is 2.97. The topological polar surface area (TPSA) is 94.3 Å². The summed E-state index contributed by atoms with van der Waals surface area (Å²) in [5.41, 5.74) is 1.62. The van der Waals surface area contributed by atoms with Crippen LogP contribution in [0.2, 0.25) is 0 Å². The standard InChI is InChI=1S/C25H20FN3O4S/c1-16(32-22-10-6-5-9-20(22)26)24-28-29-25(33-24)34-15-21(30)17-11-13-19(14-12-17)27-23(31)18-7-3-2-4-8-18/h2-14,16H,15H2,1H3,(H,27,31)/t16-/m1/s1. The Morgan fingerprint density at radius 3 is 2.41 bits per heavy atom. The van der Waals surface area contributed by atoms with Crippen LogP contribution in [0.25, 0.3) is 0 Å². The molecule has 7 nitrogen and oxygen atoms in total. The van der Waals surface area contributed by atoms with Crippen LogP contribution in [-0.4, -0.2) is 27.6 Å². The number of hydrogen-bond acceptors (Lipinski definition) is 7. The summed E-state index contributed by atoms with van der Waals surface area (Å²) in [6.07, 6.45) is -0.659. The summed E-state index contributed by atoms with van der Waals surface area (Å²) >= 11 is 1.09. The third kappa shape index (κ3) is 5.87. The van der Waals surface area contributed by atoms with Gasteiger partial charge in [-0.3, -0.25) is 9.59 Å². The highest BCUT2D eigenvalue weighted by Gasteiger charge is 2.18. The minimum Gasteiger partial charge on any atom is -0.478 e. The average molecular weight is 478 g/mol. The van der Waals surface area contributed by atoms with Crippen molar-refractivity contribution in [2.75, 3.05) is 11.1 Å². The van der Waals surface area contributed by atoms with E-state index in [-0.39, 0.29) is 34.3 Å². The minimum atomic E-state index is -0.659. The second-order valence-electron chi connectivity index (χ2n) is 7.21. The molecule has 172 valence electrons. The highest BCUT2D eigenvalue weighted by Crippen LogP contribution is 2.26.